The minimum Gasteiger partial charge on any atom is -0.483 e. The van der Waals surface area contributed by atoms with Gasteiger partial charge >= 0.3 is 0 Å². The van der Waals surface area contributed by atoms with E-state index in [0.717, 1.165) is 12.8 Å². The fourth-order valence-electron chi connectivity index (χ4n) is 1.45. The number of Topliss-reactive ketones (excluding diaryl/α,β-unsaturated/α-hetero) is 1. The van der Waals surface area contributed by atoms with Crippen LogP contribution in [0.4, 0.5) is 0 Å². The van der Waals surface area contributed by atoms with Crippen molar-refractivity contribution in [3.8, 4) is 0 Å². The molecule has 2 rings (SSSR count). The summed E-state index contributed by atoms with van der Waals surface area (Å²) >= 11 is 0. The molecule has 1 fully saturated rings. The number of carbonyl (C=O) groups excluding carboxylic acids is 1. The summed E-state index contributed by atoms with van der Waals surface area (Å²) in [5, 5.41) is 6.89. The average molecular weight is 192 g/mol. The Hall–Kier alpha value is -1.64. The van der Waals surface area contributed by atoms with Crippen LogP contribution in [-0.2, 0) is 9.59 Å². The number of carbonyl (C=O) groups is 2. The minimum atomic E-state index is -0.250. The third kappa shape index (κ3) is 2.69. The van der Waals surface area contributed by atoms with Gasteiger partial charge < -0.3 is 5.11 Å². The largest absolute Gasteiger partial charge is 0.483 e. The SMILES string of the molecule is O=C1CC(c2ccccc2)C1.O=CO. The van der Waals surface area contributed by atoms with Crippen LogP contribution in [0.2, 0.25) is 0 Å². The van der Waals surface area contributed by atoms with Gasteiger partial charge in [-0.25, -0.2) is 0 Å². The molecule has 0 spiro atoms. The van der Waals surface area contributed by atoms with E-state index in [-0.39, 0.29) is 6.47 Å². The van der Waals surface area contributed by atoms with Crippen LogP contribution in [0.5, 0.6) is 0 Å². The maximum Gasteiger partial charge on any atom is 0.290 e. The van der Waals surface area contributed by atoms with Crippen LogP contribution in [-0.4, -0.2) is 17.4 Å². The molecule has 0 aliphatic heterocycles. The first-order valence-electron chi connectivity index (χ1n) is 4.42. The Morgan fingerprint density at radius 1 is 1.21 bits per heavy atom. The zero-order valence-corrected chi connectivity index (χ0v) is 7.72. The first kappa shape index (κ1) is 10.4. The van der Waals surface area contributed by atoms with Crippen molar-refractivity contribution in [3.05, 3.63) is 35.9 Å². The third-order valence-electron chi connectivity index (χ3n) is 2.22. The average Bonchev–Trinajstić information content (AvgIpc) is 2.16. The number of ketones is 1. The Bertz CT molecular complexity index is 298. The molecule has 0 radical (unpaired) electrons. The molecular formula is C11H12O3. The standard InChI is InChI=1S/C10H10O.CH2O2/c11-10-6-9(7-10)8-4-2-1-3-5-8;2-1-3/h1-5,9H,6-7H2;1H,(H,2,3). The van der Waals surface area contributed by atoms with Gasteiger partial charge in [-0.15, -0.1) is 0 Å². The lowest BCUT2D eigenvalue weighted by Gasteiger charge is -2.24. The summed E-state index contributed by atoms with van der Waals surface area (Å²) in [5.74, 6) is 0.919. The molecule has 1 aliphatic rings. The molecule has 0 saturated heterocycles. The highest BCUT2D eigenvalue weighted by molar-refractivity contribution is 5.86. The maximum atomic E-state index is 10.7. The van der Waals surface area contributed by atoms with E-state index in [9.17, 15) is 4.79 Å². The fourth-order valence-corrected chi connectivity index (χ4v) is 1.45. The van der Waals surface area contributed by atoms with Gasteiger partial charge in [0.05, 0.1) is 0 Å². The highest BCUT2D eigenvalue weighted by Gasteiger charge is 2.27. The molecule has 1 aromatic rings. The lowest BCUT2D eigenvalue weighted by atomic mass is 9.79. The van der Waals surface area contributed by atoms with Crippen LogP contribution >= 0.6 is 0 Å². The van der Waals surface area contributed by atoms with Gasteiger partial charge in [-0.2, -0.15) is 0 Å². The molecule has 3 heteroatoms. The van der Waals surface area contributed by atoms with Gasteiger partial charge in [-0.05, 0) is 11.5 Å². The summed E-state index contributed by atoms with van der Waals surface area (Å²) in [7, 11) is 0. The molecule has 0 aromatic heterocycles. The van der Waals surface area contributed by atoms with Crippen molar-refractivity contribution in [1.82, 2.24) is 0 Å². The molecule has 0 bridgehead atoms. The zero-order chi connectivity index (χ0) is 10.4. The first-order valence-corrected chi connectivity index (χ1v) is 4.42. The minimum absolute atomic E-state index is 0.250. The van der Waals surface area contributed by atoms with E-state index in [0.29, 0.717) is 11.7 Å². The van der Waals surface area contributed by atoms with E-state index >= 15 is 0 Å². The highest BCUT2D eigenvalue weighted by Crippen LogP contribution is 2.32. The summed E-state index contributed by atoms with van der Waals surface area (Å²) in [5.41, 5.74) is 1.31. The van der Waals surface area contributed by atoms with Crippen molar-refractivity contribution in [2.45, 2.75) is 18.8 Å². The van der Waals surface area contributed by atoms with E-state index in [1.54, 1.807) is 0 Å². The molecule has 0 unspecified atom stereocenters. The smallest absolute Gasteiger partial charge is 0.290 e. The van der Waals surface area contributed by atoms with Gasteiger partial charge in [0, 0.05) is 12.8 Å². The maximum absolute atomic E-state index is 10.7. The first-order chi connectivity index (χ1) is 6.77. The van der Waals surface area contributed by atoms with Gasteiger partial charge in [0.2, 0.25) is 0 Å². The normalized spacial score (nSPS) is 15.0. The number of hydrogen-bond donors (Lipinski definition) is 1. The van der Waals surface area contributed by atoms with Crippen molar-refractivity contribution in [2.24, 2.45) is 0 Å². The van der Waals surface area contributed by atoms with Crippen LogP contribution in [0.25, 0.3) is 0 Å². The van der Waals surface area contributed by atoms with Crippen LogP contribution in [0.15, 0.2) is 30.3 Å². The molecule has 0 amide bonds. The third-order valence-corrected chi connectivity index (χ3v) is 2.22. The Kier molecular flexibility index (Phi) is 3.85. The van der Waals surface area contributed by atoms with Gasteiger partial charge in [-0.1, -0.05) is 30.3 Å². The van der Waals surface area contributed by atoms with Crippen molar-refractivity contribution in [3.63, 3.8) is 0 Å². The number of benzene rings is 1. The van der Waals surface area contributed by atoms with Crippen LogP contribution < -0.4 is 0 Å². The molecule has 1 N–H and O–H groups in total. The van der Waals surface area contributed by atoms with Crippen LogP contribution in [0, 0.1) is 0 Å². The molecular weight excluding hydrogens is 180 g/mol. The van der Waals surface area contributed by atoms with E-state index in [4.69, 9.17) is 9.90 Å². The monoisotopic (exact) mass is 192 g/mol. The molecule has 3 nitrogen and oxygen atoms in total. The Morgan fingerprint density at radius 2 is 1.71 bits per heavy atom. The second-order valence-electron chi connectivity index (χ2n) is 3.16. The predicted molar refractivity (Wildman–Crippen MR) is 52.1 cm³/mol. The second kappa shape index (κ2) is 5.17. The Labute approximate surface area is 82.4 Å². The molecule has 1 aliphatic carbocycles. The van der Waals surface area contributed by atoms with Crippen molar-refractivity contribution in [1.29, 1.82) is 0 Å². The van der Waals surface area contributed by atoms with Gasteiger partial charge in [0.15, 0.2) is 0 Å². The summed E-state index contributed by atoms with van der Waals surface area (Å²) in [6, 6.07) is 10.2. The van der Waals surface area contributed by atoms with Crippen LogP contribution in [0.1, 0.15) is 24.3 Å². The summed E-state index contributed by atoms with van der Waals surface area (Å²) in [6.07, 6.45) is 1.51. The summed E-state index contributed by atoms with van der Waals surface area (Å²) in [6.45, 7) is -0.250. The van der Waals surface area contributed by atoms with E-state index in [1.165, 1.54) is 5.56 Å². The number of rotatable bonds is 1. The van der Waals surface area contributed by atoms with Gasteiger partial charge in [-0.3, -0.25) is 9.59 Å². The number of hydrogen-bond acceptors (Lipinski definition) is 2. The lowest BCUT2D eigenvalue weighted by Crippen LogP contribution is -2.20. The Balaban J connectivity index is 0.000000293. The quantitative estimate of drug-likeness (QED) is 0.690. The summed E-state index contributed by atoms with van der Waals surface area (Å²) < 4.78 is 0. The second-order valence-corrected chi connectivity index (χ2v) is 3.16. The van der Waals surface area contributed by atoms with E-state index in [2.05, 4.69) is 12.1 Å². The fraction of sp³-hybridized carbons (Fsp3) is 0.273. The van der Waals surface area contributed by atoms with Crippen LogP contribution in [0.3, 0.4) is 0 Å². The zero-order valence-electron chi connectivity index (χ0n) is 7.72. The van der Waals surface area contributed by atoms with Crippen molar-refractivity contribution < 1.29 is 14.7 Å². The van der Waals surface area contributed by atoms with Crippen molar-refractivity contribution >= 4 is 12.3 Å². The summed E-state index contributed by atoms with van der Waals surface area (Å²) in [4.78, 5) is 19.0. The van der Waals surface area contributed by atoms with Gasteiger partial charge in [0.25, 0.3) is 6.47 Å². The topological polar surface area (TPSA) is 54.4 Å². The lowest BCUT2D eigenvalue weighted by molar-refractivity contribution is -0.125. The Morgan fingerprint density at radius 3 is 2.14 bits per heavy atom. The van der Waals surface area contributed by atoms with Gasteiger partial charge in [0.1, 0.15) is 5.78 Å². The molecule has 74 valence electrons. The van der Waals surface area contributed by atoms with E-state index in [1.807, 2.05) is 18.2 Å². The highest BCUT2D eigenvalue weighted by atomic mass is 16.3. The molecule has 0 heterocycles. The number of carboxylic acid groups (broad SMARTS) is 1. The molecule has 1 saturated carbocycles. The molecule has 14 heavy (non-hydrogen) atoms. The molecule has 1 aromatic carbocycles. The van der Waals surface area contributed by atoms with Crippen molar-refractivity contribution in [2.75, 3.05) is 0 Å². The molecule has 0 atom stereocenters. The predicted octanol–water partition coefficient (Wildman–Crippen LogP) is 1.83. The van der Waals surface area contributed by atoms with E-state index < -0.39 is 0 Å².